The van der Waals surface area contributed by atoms with Crippen molar-refractivity contribution in [1.29, 1.82) is 0 Å². The van der Waals surface area contributed by atoms with Crippen LogP contribution < -0.4 is 15.2 Å². The highest BCUT2D eigenvalue weighted by Crippen LogP contribution is 2.33. The number of nitrogens with two attached hydrogens (primary N) is 1. The van der Waals surface area contributed by atoms with Crippen LogP contribution in [0.3, 0.4) is 0 Å². The van der Waals surface area contributed by atoms with Gasteiger partial charge in [0, 0.05) is 6.04 Å². The van der Waals surface area contributed by atoms with Gasteiger partial charge in [0.15, 0.2) is 18.1 Å². The third-order valence-electron chi connectivity index (χ3n) is 2.28. The smallest absolute Gasteiger partial charge is 0.422 e. The normalized spacial score (nSPS) is 13.2. The number of hydrogen-bond acceptors (Lipinski definition) is 3. The van der Waals surface area contributed by atoms with Crippen LogP contribution in [-0.4, -0.2) is 25.4 Å². The first-order chi connectivity index (χ1) is 8.83. The Morgan fingerprint density at radius 1 is 1.26 bits per heavy atom. The van der Waals surface area contributed by atoms with E-state index in [1.807, 2.05) is 0 Å². The van der Waals surface area contributed by atoms with Crippen LogP contribution in [0.4, 0.5) is 13.2 Å². The maximum absolute atomic E-state index is 12.3. The lowest BCUT2D eigenvalue weighted by molar-refractivity contribution is -0.153. The molecule has 0 heterocycles. The van der Waals surface area contributed by atoms with Crippen LogP contribution in [0.2, 0.25) is 0 Å². The van der Waals surface area contributed by atoms with Gasteiger partial charge in [0.25, 0.3) is 0 Å². The summed E-state index contributed by atoms with van der Waals surface area (Å²) in [5, 5.41) is 0. The van der Waals surface area contributed by atoms with E-state index in [1.165, 1.54) is 0 Å². The monoisotopic (exact) mass is 277 g/mol. The van der Waals surface area contributed by atoms with Gasteiger partial charge >= 0.3 is 6.18 Å². The highest BCUT2D eigenvalue weighted by molar-refractivity contribution is 5.47. The van der Waals surface area contributed by atoms with Crippen LogP contribution in [0, 0.1) is 0 Å². The van der Waals surface area contributed by atoms with E-state index < -0.39 is 12.8 Å². The molecule has 1 aromatic rings. The first kappa shape index (κ1) is 15.6. The van der Waals surface area contributed by atoms with Gasteiger partial charge in [0.05, 0.1) is 6.61 Å². The molecule has 1 atom stereocenters. The molecule has 0 amide bonds. The van der Waals surface area contributed by atoms with Crippen LogP contribution >= 0.6 is 0 Å². The summed E-state index contributed by atoms with van der Waals surface area (Å²) in [6.45, 7) is 2.54. The molecule has 108 valence electrons. The zero-order valence-corrected chi connectivity index (χ0v) is 11.0. The fourth-order valence-corrected chi connectivity index (χ4v) is 1.66. The van der Waals surface area contributed by atoms with Crippen molar-refractivity contribution in [3.63, 3.8) is 0 Å². The van der Waals surface area contributed by atoms with Crippen molar-refractivity contribution in [3.8, 4) is 11.5 Å². The highest BCUT2D eigenvalue weighted by atomic mass is 19.4. The Bertz CT molecular complexity index is 405. The van der Waals surface area contributed by atoms with E-state index >= 15 is 0 Å². The van der Waals surface area contributed by atoms with Crippen molar-refractivity contribution >= 4 is 0 Å². The van der Waals surface area contributed by atoms with Crippen molar-refractivity contribution in [1.82, 2.24) is 0 Å². The second-order valence-corrected chi connectivity index (χ2v) is 4.26. The molecule has 0 radical (unpaired) electrons. The number of rotatable bonds is 6. The Labute approximate surface area is 110 Å². The predicted octanol–water partition coefficient (Wildman–Crippen LogP) is 2.92. The second-order valence-electron chi connectivity index (χ2n) is 4.26. The largest absolute Gasteiger partial charge is 0.490 e. The summed E-state index contributed by atoms with van der Waals surface area (Å²) in [6, 6.07) is 4.81. The van der Waals surface area contributed by atoms with Crippen LogP contribution in [0.5, 0.6) is 11.5 Å². The van der Waals surface area contributed by atoms with Gasteiger partial charge < -0.3 is 15.2 Å². The van der Waals surface area contributed by atoms with Crippen molar-refractivity contribution in [3.05, 3.63) is 23.8 Å². The van der Waals surface area contributed by atoms with Crippen molar-refractivity contribution in [2.24, 2.45) is 5.73 Å². The molecule has 0 saturated heterocycles. The molecular weight excluding hydrogens is 259 g/mol. The molecule has 19 heavy (non-hydrogen) atoms. The maximum atomic E-state index is 12.3. The number of hydrogen-bond donors (Lipinski definition) is 1. The second kappa shape index (κ2) is 6.65. The predicted molar refractivity (Wildman–Crippen MR) is 66.5 cm³/mol. The number of para-hydroxylation sites is 1. The van der Waals surface area contributed by atoms with Gasteiger partial charge in [-0.3, -0.25) is 0 Å². The summed E-state index contributed by atoms with van der Waals surface area (Å²) >= 11 is 0. The van der Waals surface area contributed by atoms with Gasteiger partial charge in [0.2, 0.25) is 0 Å². The molecule has 0 spiro atoms. The average molecular weight is 277 g/mol. The maximum Gasteiger partial charge on any atom is 0.422 e. The Kier molecular flexibility index (Phi) is 5.47. The molecule has 0 aliphatic rings. The van der Waals surface area contributed by atoms with Gasteiger partial charge in [-0.1, -0.05) is 12.1 Å². The van der Waals surface area contributed by atoms with Gasteiger partial charge in [-0.2, -0.15) is 13.2 Å². The summed E-state index contributed by atoms with van der Waals surface area (Å²) in [5.74, 6) is 0.434. The molecule has 0 bridgehead atoms. The van der Waals surface area contributed by atoms with Crippen LogP contribution in [0.25, 0.3) is 0 Å². The number of ether oxygens (including phenoxy) is 2. The number of benzene rings is 1. The molecule has 6 heteroatoms. The lowest BCUT2D eigenvalue weighted by Gasteiger charge is -2.17. The quantitative estimate of drug-likeness (QED) is 0.869. The zero-order valence-electron chi connectivity index (χ0n) is 11.0. The number of alkyl halides is 3. The Morgan fingerprint density at radius 3 is 2.47 bits per heavy atom. The fourth-order valence-electron chi connectivity index (χ4n) is 1.66. The minimum atomic E-state index is -4.38. The lowest BCUT2D eigenvalue weighted by Crippen LogP contribution is -2.22. The molecule has 2 N–H and O–H groups in total. The fraction of sp³-hybridized carbons (Fsp3) is 0.538. The average Bonchev–Trinajstić information content (AvgIpc) is 2.26. The van der Waals surface area contributed by atoms with E-state index in [4.69, 9.17) is 15.2 Å². The summed E-state index contributed by atoms with van der Waals surface area (Å²) in [7, 11) is 0. The van der Waals surface area contributed by atoms with Crippen molar-refractivity contribution < 1.29 is 22.6 Å². The van der Waals surface area contributed by atoms with Crippen LogP contribution in [0.15, 0.2) is 18.2 Å². The molecule has 0 aliphatic heterocycles. The Balaban J connectivity index is 2.99. The van der Waals surface area contributed by atoms with E-state index in [-0.39, 0.29) is 11.8 Å². The SMILES string of the molecule is CCOc1cccc(CC(C)N)c1OCC(F)(F)F. The molecule has 0 fully saturated rings. The summed E-state index contributed by atoms with van der Waals surface area (Å²) in [6.07, 6.45) is -3.96. The third-order valence-corrected chi connectivity index (χ3v) is 2.28. The van der Waals surface area contributed by atoms with E-state index in [0.717, 1.165) is 0 Å². The highest BCUT2D eigenvalue weighted by Gasteiger charge is 2.29. The van der Waals surface area contributed by atoms with E-state index in [2.05, 4.69) is 0 Å². The first-order valence-corrected chi connectivity index (χ1v) is 6.03. The van der Waals surface area contributed by atoms with Crippen LogP contribution in [0.1, 0.15) is 19.4 Å². The minimum absolute atomic E-state index is 0.124. The standard InChI is InChI=1S/C13H18F3NO2/c1-3-18-11-6-4-5-10(7-9(2)17)12(11)19-8-13(14,15)16/h4-6,9H,3,7-8,17H2,1-2H3. The van der Waals surface area contributed by atoms with Crippen molar-refractivity contribution in [2.45, 2.75) is 32.5 Å². The van der Waals surface area contributed by atoms with Gasteiger partial charge in [0.1, 0.15) is 0 Å². The Morgan fingerprint density at radius 2 is 1.95 bits per heavy atom. The molecule has 0 aromatic heterocycles. The van der Waals surface area contributed by atoms with Crippen molar-refractivity contribution in [2.75, 3.05) is 13.2 Å². The molecule has 0 aliphatic carbocycles. The van der Waals surface area contributed by atoms with Gasteiger partial charge in [-0.25, -0.2) is 0 Å². The molecule has 3 nitrogen and oxygen atoms in total. The molecular formula is C13H18F3NO2. The minimum Gasteiger partial charge on any atom is -0.490 e. The first-order valence-electron chi connectivity index (χ1n) is 6.03. The van der Waals surface area contributed by atoms with E-state index in [9.17, 15) is 13.2 Å². The zero-order chi connectivity index (χ0) is 14.5. The summed E-state index contributed by atoms with van der Waals surface area (Å²) in [5.41, 5.74) is 6.30. The lowest BCUT2D eigenvalue weighted by atomic mass is 10.1. The van der Waals surface area contributed by atoms with Crippen LogP contribution in [-0.2, 0) is 6.42 Å². The topological polar surface area (TPSA) is 44.5 Å². The summed E-state index contributed by atoms with van der Waals surface area (Å²) in [4.78, 5) is 0. The van der Waals surface area contributed by atoms with E-state index in [1.54, 1.807) is 32.0 Å². The summed E-state index contributed by atoms with van der Waals surface area (Å²) < 4.78 is 47.0. The molecule has 1 unspecified atom stereocenters. The van der Waals surface area contributed by atoms with Gasteiger partial charge in [-0.05, 0) is 31.9 Å². The molecule has 1 rings (SSSR count). The van der Waals surface area contributed by atoms with Gasteiger partial charge in [-0.15, -0.1) is 0 Å². The Hall–Kier alpha value is -1.43. The van der Waals surface area contributed by atoms with E-state index in [0.29, 0.717) is 24.3 Å². The third kappa shape index (κ3) is 5.38. The number of halogens is 3. The molecule has 0 saturated carbocycles. The molecule has 1 aromatic carbocycles.